The maximum atomic E-state index is 12.3. The van der Waals surface area contributed by atoms with E-state index in [1.165, 1.54) is 0 Å². The molecule has 19 heavy (non-hydrogen) atoms. The van der Waals surface area contributed by atoms with Crippen LogP contribution in [0.25, 0.3) is 0 Å². The molecule has 109 valence electrons. The number of hydrogen-bond acceptors (Lipinski definition) is 3. The Morgan fingerprint density at radius 1 is 1.32 bits per heavy atom. The van der Waals surface area contributed by atoms with Gasteiger partial charge in [0.25, 0.3) is 0 Å². The van der Waals surface area contributed by atoms with Gasteiger partial charge in [0.05, 0.1) is 0 Å². The number of alkyl carbamates (subject to hydrolysis) is 1. The molecule has 0 aromatic carbocycles. The predicted octanol–water partition coefficient (Wildman–Crippen LogP) is 2.12. The first-order chi connectivity index (χ1) is 8.83. The standard InChI is InChI=1S/C14H25N2O3/c1-5-8-11(12(17)16-9-6-7-10-16)15-13(18)19-14(2,3)4/h11H,1,5-10H2,2-4H3,(H,15,18)/t11-/m0/s1. The minimum atomic E-state index is -0.560. The Morgan fingerprint density at radius 2 is 1.89 bits per heavy atom. The molecule has 1 atom stereocenters. The first-order valence-electron chi connectivity index (χ1n) is 6.91. The van der Waals surface area contributed by atoms with Crippen LogP contribution in [0.3, 0.4) is 0 Å². The Bertz CT molecular complexity index is 317. The highest BCUT2D eigenvalue weighted by atomic mass is 16.6. The van der Waals surface area contributed by atoms with Crippen LogP contribution in [0.5, 0.6) is 0 Å². The number of hydrogen-bond donors (Lipinski definition) is 1. The van der Waals surface area contributed by atoms with Crippen LogP contribution >= 0.6 is 0 Å². The molecular formula is C14H25N2O3. The van der Waals surface area contributed by atoms with Gasteiger partial charge in [0.15, 0.2) is 0 Å². The summed E-state index contributed by atoms with van der Waals surface area (Å²) in [5.41, 5.74) is -0.560. The van der Waals surface area contributed by atoms with E-state index < -0.39 is 17.7 Å². The molecule has 1 aliphatic heterocycles. The van der Waals surface area contributed by atoms with Gasteiger partial charge in [0, 0.05) is 13.1 Å². The van der Waals surface area contributed by atoms with E-state index in [0.29, 0.717) is 12.8 Å². The fraction of sp³-hybridized carbons (Fsp3) is 0.786. The Hall–Kier alpha value is -1.26. The molecule has 0 unspecified atom stereocenters. The lowest BCUT2D eigenvalue weighted by Gasteiger charge is -2.26. The predicted molar refractivity (Wildman–Crippen MR) is 73.6 cm³/mol. The first kappa shape index (κ1) is 15.8. The van der Waals surface area contributed by atoms with Gasteiger partial charge in [-0.15, -0.1) is 0 Å². The van der Waals surface area contributed by atoms with E-state index in [-0.39, 0.29) is 5.91 Å². The van der Waals surface area contributed by atoms with Gasteiger partial charge in [0.2, 0.25) is 5.91 Å². The van der Waals surface area contributed by atoms with Crippen LogP contribution in [0.4, 0.5) is 4.79 Å². The lowest BCUT2D eigenvalue weighted by atomic mass is 10.1. The quantitative estimate of drug-likeness (QED) is 0.850. The minimum absolute atomic E-state index is 0.0213. The molecule has 1 heterocycles. The van der Waals surface area contributed by atoms with E-state index in [9.17, 15) is 9.59 Å². The monoisotopic (exact) mass is 269 g/mol. The van der Waals surface area contributed by atoms with E-state index in [1.807, 2.05) is 0 Å². The van der Waals surface area contributed by atoms with Gasteiger partial charge < -0.3 is 15.0 Å². The van der Waals surface area contributed by atoms with Crippen LogP contribution in [0, 0.1) is 6.92 Å². The van der Waals surface area contributed by atoms with Crippen LogP contribution in [0.1, 0.15) is 46.5 Å². The van der Waals surface area contributed by atoms with Crippen LogP contribution in [-0.2, 0) is 9.53 Å². The van der Waals surface area contributed by atoms with Crippen LogP contribution < -0.4 is 5.32 Å². The van der Waals surface area contributed by atoms with E-state index in [0.717, 1.165) is 25.9 Å². The molecule has 0 aromatic heterocycles. The fourth-order valence-electron chi connectivity index (χ4n) is 2.07. The number of carbonyl (C=O) groups excluding carboxylic acids is 2. The number of carbonyl (C=O) groups is 2. The van der Waals surface area contributed by atoms with E-state index in [2.05, 4.69) is 12.2 Å². The zero-order valence-corrected chi connectivity index (χ0v) is 12.2. The van der Waals surface area contributed by atoms with Crippen molar-refractivity contribution in [2.24, 2.45) is 0 Å². The van der Waals surface area contributed by atoms with E-state index in [4.69, 9.17) is 4.74 Å². The molecule has 1 rings (SSSR count). The maximum Gasteiger partial charge on any atom is 0.408 e. The molecule has 1 aliphatic rings. The molecule has 0 spiro atoms. The Kier molecular flexibility index (Phi) is 5.63. The van der Waals surface area contributed by atoms with Gasteiger partial charge in [-0.1, -0.05) is 13.3 Å². The Labute approximate surface area is 115 Å². The molecule has 1 N–H and O–H groups in total. The Balaban J connectivity index is 2.56. The molecule has 0 aliphatic carbocycles. The number of nitrogens with zero attached hydrogens (tertiary/aromatic N) is 1. The zero-order valence-electron chi connectivity index (χ0n) is 12.2. The van der Waals surface area contributed by atoms with Crippen molar-refractivity contribution in [3.05, 3.63) is 6.92 Å². The average molecular weight is 269 g/mol. The third kappa shape index (κ3) is 5.49. The van der Waals surface area contributed by atoms with Crippen molar-refractivity contribution in [1.29, 1.82) is 0 Å². The van der Waals surface area contributed by atoms with Gasteiger partial charge in [-0.2, -0.15) is 0 Å². The smallest absolute Gasteiger partial charge is 0.408 e. The molecule has 5 heteroatoms. The van der Waals surface area contributed by atoms with Crippen LogP contribution in [0.2, 0.25) is 0 Å². The SMILES string of the molecule is [CH2]CC[C@H](NC(=O)OC(C)(C)C)C(=O)N1CCCC1. The average Bonchev–Trinajstić information content (AvgIpc) is 2.78. The van der Waals surface area contributed by atoms with Gasteiger partial charge in [0.1, 0.15) is 11.6 Å². The molecule has 1 fully saturated rings. The molecular weight excluding hydrogens is 244 g/mol. The summed E-state index contributed by atoms with van der Waals surface area (Å²) in [6.45, 7) is 10.7. The van der Waals surface area contributed by atoms with Crippen molar-refractivity contribution in [2.75, 3.05) is 13.1 Å². The fourth-order valence-corrected chi connectivity index (χ4v) is 2.07. The number of likely N-dealkylation sites (tertiary alicyclic amines) is 1. The number of amides is 2. The molecule has 5 nitrogen and oxygen atoms in total. The van der Waals surface area contributed by atoms with E-state index in [1.54, 1.807) is 25.7 Å². The van der Waals surface area contributed by atoms with Gasteiger partial charge in [-0.3, -0.25) is 4.79 Å². The summed E-state index contributed by atoms with van der Waals surface area (Å²) < 4.78 is 5.19. The lowest BCUT2D eigenvalue weighted by molar-refractivity contribution is -0.132. The second kappa shape index (κ2) is 6.78. The summed E-state index contributed by atoms with van der Waals surface area (Å²) in [6.07, 6.45) is 2.66. The minimum Gasteiger partial charge on any atom is -0.444 e. The van der Waals surface area contributed by atoms with Crippen molar-refractivity contribution in [3.63, 3.8) is 0 Å². The van der Waals surface area contributed by atoms with Crippen LogP contribution in [0.15, 0.2) is 0 Å². The molecule has 0 saturated carbocycles. The molecule has 1 radical (unpaired) electrons. The summed E-state index contributed by atoms with van der Waals surface area (Å²) in [7, 11) is 0. The normalized spacial score (nSPS) is 17.2. The van der Waals surface area contributed by atoms with Crippen molar-refractivity contribution in [2.45, 2.75) is 58.1 Å². The van der Waals surface area contributed by atoms with Crippen LogP contribution in [-0.4, -0.2) is 41.6 Å². The summed E-state index contributed by atoms with van der Waals surface area (Å²) in [4.78, 5) is 25.8. The zero-order chi connectivity index (χ0) is 14.5. The highest BCUT2D eigenvalue weighted by Gasteiger charge is 2.28. The summed E-state index contributed by atoms with van der Waals surface area (Å²) in [6, 6.07) is -0.523. The second-order valence-corrected chi connectivity index (χ2v) is 5.87. The number of rotatable bonds is 4. The second-order valence-electron chi connectivity index (χ2n) is 5.87. The van der Waals surface area contributed by atoms with Gasteiger partial charge >= 0.3 is 6.09 Å². The van der Waals surface area contributed by atoms with Crippen molar-refractivity contribution in [1.82, 2.24) is 10.2 Å². The molecule has 0 aromatic rings. The number of nitrogens with one attached hydrogen (secondary N) is 1. The van der Waals surface area contributed by atoms with Crippen molar-refractivity contribution < 1.29 is 14.3 Å². The van der Waals surface area contributed by atoms with Gasteiger partial charge in [-0.05, 0) is 40.0 Å². The summed E-state index contributed by atoms with van der Waals surface area (Å²) >= 11 is 0. The topological polar surface area (TPSA) is 58.6 Å². The molecule has 2 amide bonds. The lowest BCUT2D eigenvalue weighted by Crippen LogP contribution is -2.48. The highest BCUT2D eigenvalue weighted by Crippen LogP contribution is 2.12. The third-order valence-corrected chi connectivity index (χ3v) is 2.90. The third-order valence-electron chi connectivity index (χ3n) is 2.90. The summed E-state index contributed by atoms with van der Waals surface area (Å²) in [5.74, 6) is -0.0213. The molecule has 0 bridgehead atoms. The highest BCUT2D eigenvalue weighted by molar-refractivity contribution is 5.85. The van der Waals surface area contributed by atoms with E-state index >= 15 is 0 Å². The van der Waals surface area contributed by atoms with Crippen molar-refractivity contribution >= 4 is 12.0 Å². The maximum absolute atomic E-state index is 12.3. The largest absolute Gasteiger partial charge is 0.444 e. The number of ether oxygens (including phenoxy) is 1. The van der Waals surface area contributed by atoms with Gasteiger partial charge in [-0.25, -0.2) is 4.79 Å². The summed E-state index contributed by atoms with van der Waals surface area (Å²) in [5, 5.41) is 2.66. The molecule has 1 saturated heterocycles. The van der Waals surface area contributed by atoms with Crippen molar-refractivity contribution in [3.8, 4) is 0 Å². The Morgan fingerprint density at radius 3 is 2.37 bits per heavy atom. The first-order valence-corrected chi connectivity index (χ1v) is 6.91.